The molecule has 0 spiro atoms. The van der Waals surface area contributed by atoms with Gasteiger partial charge in [-0.15, -0.1) is 0 Å². The van der Waals surface area contributed by atoms with E-state index in [1.165, 1.54) is 25.7 Å². The highest BCUT2D eigenvalue weighted by Crippen LogP contribution is 2.31. The number of aliphatic carboxylic acids is 1. The third-order valence-electron chi connectivity index (χ3n) is 5.76. The minimum atomic E-state index is -0.773. The lowest BCUT2D eigenvalue weighted by atomic mass is 9.81. The molecule has 1 rings (SSSR count). The zero-order valence-electron chi connectivity index (χ0n) is 18.0. The number of esters is 1. The van der Waals surface area contributed by atoms with Gasteiger partial charge in [0.15, 0.2) is 0 Å². The van der Waals surface area contributed by atoms with Crippen molar-refractivity contribution in [3.8, 4) is 0 Å². The average Bonchev–Trinajstić information content (AvgIpc) is 2.61. The fourth-order valence-corrected chi connectivity index (χ4v) is 3.95. The first-order chi connectivity index (χ1) is 12.8. The zero-order valence-corrected chi connectivity index (χ0v) is 18.0. The minimum absolute atomic E-state index is 0.00444. The van der Waals surface area contributed by atoms with Gasteiger partial charge in [0.05, 0.1) is 11.8 Å². The molecule has 4 heteroatoms. The Hall–Kier alpha value is -1.06. The second kappa shape index (κ2) is 13.2. The molecule has 3 unspecified atom stereocenters. The Morgan fingerprint density at radius 2 is 1.44 bits per heavy atom. The van der Waals surface area contributed by atoms with E-state index in [-0.39, 0.29) is 23.9 Å². The smallest absolute Gasteiger partial charge is 0.309 e. The van der Waals surface area contributed by atoms with Crippen molar-refractivity contribution in [1.82, 2.24) is 0 Å². The van der Waals surface area contributed by atoms with Crippen LogP contribution >= 0.6 is 0 Å². The van der Waals surface area contributed by atoms with Crippen molar-refractivity contribution in [1.29, 1.82) is 0 Å². The van der Waals surface area contributed by atoms with Gasteiger partial charge in [0.25, 0.3) is 0 Å². The van der Waals surface area contributed by atoms with Crippen molar-refractivity contribution in [3.63, 3.8) is 0 Å². The molecule has 0 saturated heterocycles. The molecule has 1 saturated carbocycles. The van der Waals surface area contributed by atoms with Gasteiger partial charge >= 0.3 is 11.9 Å². The van der Waals surface area contributed by atoms with Crippen molar-refractivity contribution < 1.29 is 19.4 Å². The van der Waals surface area contributed by atoms with E-state index in [1.807, 2.05) is 0 Å². The SMILES string of the molecule is CC(C)CCCCCCC(CCC(C)C)OC(=O)C1CCCC(C(=O)O)C1. The van der Waals surface area contributed by atoms with E-state index in [4.69, 9.17) is 4.74 Å². The van der Waals surface area contributed by atoms with Crippen LogP contribution in [0, 0.1) is 23.7 Å². The van der Waals surface area contributed by atoms with Crippen LogP contribution in [0.2, 0.25) is 0 Å². The molecule has 4 nitrogen and oxygen atoms in total. The monoisotopic (exact) mass is 382 g/mol. The molecule has 27 heavy (non-hydrogen) atoms. The number of hydrogen-bond acceptors (Lipinski definition) is 3. The zero-order chi connectivity index (χ0) is 20.2. The van der Waals surface area contributed by atoms with E-state index < -0.39 is 5.97 Å². The minimum Gasteiger partial charge on any atom is -0.481 e. The first kappa shape index (κ1) is 24.0. The highest BCUT2D eigenvalue weighted by molar-refractivity contribution is 5.75. The molecule has 158 valence electrons. The van der Waals surface area contributed by atoms with Crippen LogP contribution < -0.4 is 0 Å². The van der Waals surface area contributed by atoms with Crippen molar-refractivity contribution in [2.45, 2.75) is 111 Å². The Kier molecular flexibility index (Phi) is 11.7. The third kappa shape index (κ3) is 10.8. The van der Waals surface area contributed by atoms with Crippen molar-refractivity contribution in [2.75, 3.05) is 0 Å². The summed E-state index contributed by atoms with van der Waals surface area (Å²) < 4.78 is 5.88. The highest BCUT2D eigenvalue weighted by Gasteiger charge is 2.33. The molecule has 0 aromatic carbocycles. The summed E-state index contributed by atoms with van der Waals surface area (Å²) in [6.07, 6.45) is 11.8. The van der Waals surface area contributed by atoms with E-state index in [1.54, 1.807) is 0 Å². The van der Waals surface area contributed by atoms with Gasteiger partial charge in [-0.05, 0) is 56.8 Å². The molecule has 1 fully saturated rings. The van der Waals surface area contributed by atoms with E-state index in [0.717, 1.165) is 44.4 Å². The predicted octanol–water partition coefficient (Wildman–Crippen LogP) is 6.22. The molecule has 0 radical (unpaired) electrons. The van der Waals surface area contributed by atoms with E-state index in [0.29, 0.717) is 18.8 Å². The van der Waals surface area contributed by atoms with Gasteiger partial charge in [-0.2, -0.15) is 0 Å². The van der Waals surface area contributed by atoms with Gasteiger partial charge in [0.1, 0.15) is 6.10 Å². The first-order valence-corrected chi connectivity index (χ1v) is 11.2. The quantitative estimate of drug-likeness (QED) is 0.303. The van der Waals surface area contributed by atoms with Crippen LogP contribution in [0.3, 0.4) is 0 Å². The van der Waals surface area contributed by atoms with Gasteiger partial charge in [0.2, 0.25) is 0 Å². The average molecular weight is 383 g/mol. The van der Waals surface area contributed by atoms with Crippen LogP contribution in [-0.4, -0.2) is 23.1 Å². The summed E-state index contributed by atoms with van der Waals surface area (Å²) in [6.45, 7) is 8.93. The Morgan fingerprint density at radius 3 is 2.04 bits per heavy atom. The lowest BCUT2D eigenvalue weighted by molar-refractivity contribution is -0.158. The van der Waals surface area contributed by atoms with Crippen LogP contribution in [-0.2, 0) is 14.3 Å². The summed E-state index contributed by atoms with van der Waals surface area (Å²) in [5.74, 6) is -0.170. The maximum atomic E-state index is 12.6. The lowest BCUT2D eigenvalue weighted by Gasteiger charge is -2.27. The van der Waals surface area contributed by atoms with Gasteiger partial charge in [-0.3, -0.25) is 9.59 Å². The summed E-state index contributed by atoms with van der Waals surface area (Å²) in [7, 11) is 0. The summed E-state index contributed by atoms with van der Waals surface area (Å²) in [5.41, 5.74) is 0. The Labute approximate surface area is 166 Å². The normalized spacial score (nSPS) is 21.4. The largest absolute Gasteiger partial charge is 0.481 e. The van der Waals surface area contributed by atoms with E-state index >= 15 is 0 Å². The van der Waals surface area contributed by atoms with Crippen LogP contribution in [0.15, 0.2) is 0 Å². The maximum absolute atomic E-state index is 12.6. The molecule has 3 atom stereocenters. The first-order valence-electron chi connectivity index (χ1n) is 11.2. The molecule has 1 N–H and O–H groups in total. The van der Waals surface area contributed by atoms with Gasteiger partial charge in [-0.25, -0.2) is 0 Å². The highest BCUT2D eigenvalue weighted by atomic mass is 16.5. The second-order valence-electron chi connectivity index (χ2n) is 9.31. The number of ether oxygens (including phenoxy) is 1. The number of unbranched alkanes of at least 4 members (excludes halogenated alkanes) is 3. The molecule has 1 aliphatic rings. The molecule has 0 aliphatic heterocycles. The molecular weight excluding hydrogens is 340 g/mol. The van der Waals surface area contributed by atoms with Crippen LogP contribution in [0.1, 0.15) is 105 Å². The maximum Gasteiger partial charge on any atom is 0.309 e. The van der Waals surface area contributed by atoms with Crippen LogP contribution in [0.5, 0.6) is 0 Å². The van der Waals surface area contributed by atoms with Crippen molar-refractivity contribution in [3.05, 3.63) is 0 Å². The molecule has 0 bridgehead atoms. The third-order valence-corrected chi connectivity index (χ3v) is 5.76. The molecule has 0 aromatic heterocycles. The number of carboxylic acid groups (broad SMARTS) is 1. The van der Waals surface area contributed by atoms with Crippen molar-refractivity contribution in [2.24, 2.45) is 23.7 Å². The van der Waals surface area contributed by atoms with E-state index in [2.05, 4.69) is 27.7 Å². The van der Waals surface area contributed by atoms with Crippen LogP contribution in [0.25, 0.3) is 0 Å². The molecule has 0 heterocycles. The number of hydrogen-bond donors (Lipinski definition) is 1. The fraction of sp³-hybridized carbons (Fsp3) is 0.913. The Bertz CT molecular complexity index is 430. The Morgan fingerprint density at radius 1 is 0.852 bits per heavy atom. The predicted molar refractivity (Wildman–Crippen MR) is 110 cm³/mol. The van der Waals surface area contributed by atoms with Gasteiger partial charge in [0, 0.05) is 0 Å². The second-order valence-corrected chi connectivity index (χ2v) is 9.31. The fourth-order valence-electron chi connectivity index (χ4n) is 3.95. The Balaban J connectivity index is 2.42. The summed E-state index contributed by atoms with van der Waals surface area (Å²) in [4.78, 5) is 23.9. The number of rotatable bonds is 13. The van der Waals surface area contributed by atoms with Crippen molar-refractivity contribution >= 4 is 11.9 Å². The molecule has 0 amide bonds. The molecular formula is C23H42O4. The number of carbonyl (C=O) groups excluding carboxylic acids is 1. The molecule has 0 aromatic rings. The van der Waals surface area contributed by atoms with E-state index in [9.17, 15) is 14.7 Å². The standard InChI is InChI=1S/C23H42O4/c1-17(2)10-7-5-6-8-13-21(15-14-18(3)4)27-23(26)20-12-9-11-19(16-20)22(24)25/h17-21H,5-16H2,1-4H3,(H,24,25). The van der Waals surface area contributed by atoms with Crippen LogP contribution in [0.4, 0.5) is 0 Å². The summed E-state index contributed by atoms with van der Waals surface area (Å²) in [6, 6.07) is 0. The molecule has 1 aliphatic carbocycles. The summed E-state index contributed by atoms with van der Waals surface area (Å²) in [5, 5.41) is 9.23. The van der Waals surface area contributed by atoms with Gasteiger partial charge < -0.3 is 9.84 Å². The lowest BCUT2D eigenvalue weighted by Crippen LogP contribution is -2.31. The topological polar surface area (TPSA) is 63.6 Å². The summed E-state index contributed by atoms with van der Waals surface area (Å²) >= 11 is 0. The number of carboxylic acids is 1. The number of carbonyl (C=O) groups is 2. The van der Waals surface area contributed by atoms with Gasteiger partial charge in [-0.1, -0.05) is 59.8 Å².